The molecule has 0 heterocycles. The van der Waals surface area contributed by atoms with Crippen molar-refractivity contribution in [1.82, 2.24) is 0 Å². The molecule has 0 aromatic heterocycles. The molecule has 2 nitrogen and oxygen atoms in total. The quantitative estimate of drug-likeness (QED) is 0.813. The average molecular weight is 219 g/mol. The van der Waals surface area contributed by atoms with Gasteiger partial charge >= 0.3 is 0 Å². The number of rotatable bonds is 4. The number of aliphatic hydroxyl groups excluding tert-OH is 1. The summed E-state index contributed by atoms with van der Waals surface area (Å²) in [5.41, 5.74) is 9.11. The van der Waals surface area contributed by atoms with Crippen LogP contribution in [0.2, 0.25) is 0 Å². The van der Waals surface area contributed by atoms with Crippen molar-refractivity contribution in [2.24, 2.45) is 5.73 Å². The summed E-state index contributed by atoms with van der Waals surface area (Å²) in [5, 5.41) is 9.31. The molecular weight excluding hydrogens is 198 g/mol. The van der Waals surface area contributed by atoms with Gasteiger partial charge in [-0.15, -0.1) is 0 Å². The SMILES string of the molecule is CCC(N)C1(CCO)CCc2ccccc21. The van der Waals surface area contributed by atoms with Crippen molar-refractivity contribution in [2.75, 3.05) is 6.61 Å². The minimum absolute atomic E-state index is 0.0140. The monoisotopic (exact) mass is 219 g/mol. The second-order valence-electron chi connectivity index (χ2n) is 4.80. The van der Waals surface area contributed by atoms with E-state index in [0.717, 1.165) is 25.7 Å². The van der Waals surface area contributed by atoms with E-state index in [4.69, 9.17) is 5.73 Å². The van der Waals surface area contributed by atoms with Crippen LogP contribution >= 0.6 is 0 Å². The van der Waals surface area contributed by atoms with E-state index in [0.29, 0.717) is 0 Å². The summed E-state index contributed by atoms with van der Waals surface area (Å²) in [6.07, 6.45) is 3.94. The third kappa shape index (κ3) is 1.66. The molecular formula is C14H21NO. The van der Waals surface area contributed by atoms with Crippen molar-refractivity contribution < 1.29 is 5.11 Å². The summed E-state index contributed by atoms with van der Waals surface area (Å²) in [7, 11) is 0. The number of aliphatic hydroxyl groups is 1. The molecule has 16 heavy (non-hydrogen) atoms. The number of hydrogen-bond donors (Lipinski definition) is 2. The molecule has 2 unspecified atom stereocenters. The third-order valence-electron chi connectivity index (χ3n) is 4.10. The Labute approximate surface area is 97.5 Å². The molecule has 1 aromatic rings. The first-order valence-electron chi connectivity index (χ1n) is 6.19. The summed E-state index contributed by atoms with van der Waals surface area (Å²) in [4.78, 5) is 0. The van der Waals surface area contributed by atoms with Gasteiger partial charge in [0.05, 0.1) is 0 Å². The Morgan fingerprint density at radius 1 is 1.44 bits per heavy atom. The van der Waals surface area contributed by atoms with Crippen molar-refractivity contribution in [1.29, 1.82) is 0 Å². The molecule has 0 radical (unpaired) electrons. The van der Waals surface area contributed by atoms with Crippen molar-refractivity contribution in [2.45, 2.75) is 44.1 Å². The first-order valence-corrected chi connectivity index (χ1v) is 6.19. The molecule has 1 aromatic carbocycles. The summed E-state index contributed by atoms with van der Waals surface area (Å²) in [5.74, 6) is 0. The van der Waals surface area contributed by atoms with Gasteiger partial charge in [-0.1, -0.05) is 31.2 Å². The Morgan fingerprint density at radius 3 is 2.88 bits per heavy atom. The zero-order valence-electron chi connectivity index (χ0n) is 9.95. The highest BCUT2D eigenvalue weighted by molar-refractivity contribution is 5.40. The Kier molecular flexibility index (Phi) is 3.31. The molecule has 0 bridgehead atoms. The van der Waals surface area contributed by atoms with Crippen LogP contribution in [0.15, 0.2) is 24.3 Å². The fourth-order valence-electron chi connectivity index (χ4n) is 3.14. The molecule has 3 N–H and O–H groups in total. The predicted molar refractivity (Wildman–Crippen MR) is 66.4 cm³/mol. The predicted octanol–water partition coefficient (Wildman–Crippen LogP) is 1.99. The van der Waals surface area contributed by atoms with E-state index in [9.17, 15) is 5.11 Å². The number of fused-ring (bicyclic) bond motifs is 1. The number of benzene rings is 1. The lowest BCUT2D eigenvalue weighted by atomic mass is 9.72. The lowest BCUT2D eigenvalue weighted by Crippen LogP contribution is -2.44. The number of hydrogen-bond acceptors (Lipinski definition) is 2. The Morgan fingerprint density at radius 2 is 2.19 bits per heavy atom. The van der Waals surface area contributed by atoms with Gasteiger partial charge in [0.15, 0.2) is 0 Å². The summed E-state index contributed by atoms with van der Waals surface area (Å²) in [6, 6.07) is 8.71. The van der Waals surface area contributed by atoms with E-state index >= 15 is 0 Å². The summed E-state index contributed by atoms with van der Waals surface area (Å²) >= 11 is 0. The fraction of sp³-hybridized carbons (Fsp3) is 0.571. The van der Waals surface area contributed by atoms with E-state index in [1.807, 2.05) is 0 Å². The average Bonchev–Trinajstić information content (AvgIpc) is 2.69. The number of aryl methyl sites for hydroxylation is 1. The Balaban J connectivity index is 2.42. The van der Waals surface area contributed by atoms with Crippen LogP contribution in [0.3, 0.4) is 0 Å². The van der Waals surface area contributed by atoms with Gasteiger partial charge in [-0.05, 0) is 36.8 Å². The highest BCUT2D eigenvalue weighted by Crippen LogP contribution is 2.44. The van der Waals surface area contributed by atoms with Crippen LogP contribution in [0.1, 0.15) is 37.3 Å². The van der Waals surface area contributed by atoms with Gasteiger partial charge in [0.25, 0.3) is 0 Å². The van der Waals surface area contributed by atoms with Gasteiger partial charge in [-0.2, -0.15) is 0 Å². The van der Waals surface area contributed by atoms with Crippen LogP contribution in [0.5, 0.6) is 0 Å². The van der Waals surface area contributed by atoms with Crippen molar-refractivity contribution in [3.8, 4) is 0 Å². The normalized spacial score (nSPS) is 25.4. The maximum absolute atomic E-state index is 9.31. The topological polar surface area (TPSA) is 46.2 Å². The third-order valence-corrected chi connectivity index (χ3v) is 4.10. The van der Waals surface area contributed by atoms with Crippen molar-refractivity contribution in [3.63, 3.8) is 0 Å². The molecule has 0 saturated carbocycles. The number of nitrogens with two attached hydrogens (primary N) is 1. The zero-order chi connectivity index (χ0) is 11.6. The zero-order valence-corrected chi connectivity index (χ0v) is 9.95. The molecule has 0 amide bonds. The molecule has 1 aliphatic carbocycles. The van der Waals surface area contributed by atoms with Crippen LogP contribution in [0, 0.1) is 0 Å². The summed E-state index contributed by atoms with van der Waals surface area (Å²) < 4.78 is 0. The van der Waals surface area contributed by atoms with Crippen LogP contribution in [0.4, 0.5) is 0 Å². The van der Waals surface area contributed by atoms with Crippen LogP contribution < -0.4 is 5.73 Å². The standard InChI is InChI=1S/C14H21NO/c1-2-13(15)14(9-10-16)8-7-11-5-3-4-6-12(11)14/h3-6,13,16H,2,7-10,15H2,1H3. The second kappa shape index (κ2) is 4.56. The van der Waals surface area contributed by atoms with E-state index in [-0.39, 0.29) is 18.1 Å². The van der Waals surface area contributed by atoms with E-state index in [1.165, 1.54) is 11.1 Å². The highest BCUT2D eigenvalue weighted by Gasteiger charge is 2.41. The Hall–Kier alpha value is -0.860. The van der Waals surface area contributed by atoms with E-state index in [1.54, 1.807) is 0 Å². The minimum Gasteiger partial charge on any atom is -0.396 e. The first kappa shape index (κ1) is 11.6. The smallest absolute Gasteiger partial charge is 0.0440 e. The van der Waals surface area contributed by atoms with Crippen LogP contribution in [0.25, 0.3) is 0 Å². The fourth-order valence-corrected chi connectivity index (χ4v) is 3.14. The van der Waals surface area contributed by atoms with Crippen LogP contribution in [-0.2, 0) is 11.8 Å². The first-order chi connectivity index (χ1) is 7.74. The van der Waals surface area contributed by atoms with Gasteiger partial charge in [0.1, 0.15) is 0 Å². The largest absolute Gasteiger partial charge is 0.396 e. The molecule has 0 aliphatic heterocycles. The van der Waals surface area contributed by atoms with Crippen LogP contribution in [-0.4, -0.2) is 17.8 Å². The Bertz CT molecular complexity index is 360. The molecule has 2 rings (SSSR count). The maximum Gasteiger partial charge on any atom is 0.0440 e. The molecule has 0 fully saturated rings. The van der Waals surface area contributed by atoms with Gasteiger partial charge in [-0.3, -0.25) is 0 Å². The van der Waals surface area contributed by atoms with Gasteiger partial charge in [0.2, 0.25) is 0 Å². The van der Waals surface area contributed by atoms with Gasteiger partial charge < -0.3 is 10.8 Å². The van der Waals surface area contributed by atoms with Gasteiger partial charge in [0, 0.05) is 18.1 Å². The van der Waals surface area contributed by atoms with Gasteiger partial charge in [-0.25, -0.2) is 0 Å². The molecule has 1 aliphatic rings. The summed E-state index contributed by atoms with van der Waals surface area (Å²) in [6.45, 7) is 2.35. The molecule has 2 atom stereocenters. The molecule has 88 valence electrons. The minimum atomic E-state index is 0.0140. The van der Waals surface area contributed by atoms with E-state index in [2.05, 4.69) is 31.2 Å². The highest BCUT2D eigenvalue weighted by atomic mass is 16.3. The molecule has 0 spiro atoms. The van der Waals surface area contributed by atoms with E-state index < -0.39 is 0 Å². The van der Waals surface area contributed by atoms with Crippen molar-refractivity contribution in [3.05, 3.63) is 35.4 Å². The maximum atomic E-state index is 9.31. The molecule has 2 heteroatoms. The van der Waals surface area contributed by atoms with Crippen molar-refractivity contribution >= 4 is 0 Å². The second-order valence-corrected chi connectivity index (χ2v) is 4.80. The lowest BCUT2D eigenvalue weighted by molar-refractivity contribution is 0.211. The molecule has 0 saturated heterocycles. The lowest BCUT2D eigenvalue weighted by Gasteiger charge is -2.35.